The molecule has 1 N–H and O–H groups in total. The first-order valence-corrected chi connectivity index (χ1v) is 9.49. The maximum atomic E-state index is 13.3. The average Bonchev–Trinajstić information content (AvgIpc) is 3.19. The predicted octanol–water partition coefficient (Wildman–Crippen LogP) is 4.85. The lowest BCUT2D eigenvalue weighted by Gasteiger charge is -2.05. The van der Waals surface area contributed by atoms with Crippen molar-refractivity contribution in [3.63, 3.8) is 0 Å². The summed E-state index contributed by atoms with van der Waals surface area (Å²) in [6, 6.07) is 15.5. The summed E-state index contributed by atoms with van der Waals surface area (Å²) in [4.78, 5) is 9.43. The van der Waals surface area contributed by atoms with Crippen molar-refractivity contribution in [1.82, 2.24) is 9.97 Å². The molecule has 142 valence electrons. The van der Waals surface area contributed by atoms with E-state index in [2.05, 4.69) is 20.5 Å². The summed E-state index contributed by atoms with van der Waals surface area (Å²) >= 11 is 1.49. The van der Waals surface area contributed by atoms with Crippen molar-refractivity contribution < 1.29 is 9.13 Å². The van der Waals surface area contributed by atoms with Gasteiger partial charge < -0.3 is 4.74 Å². The summed E-state index contributed by atoms with van der Waals surface area (Å²) in [6.07, 6.45) is 3.14. The van der Waals surface area contributed by atoms with E-state index in [1.165, 1.54) is 29.8 Å². The summed E-state index contributed by atoms with van der Waals surface area (Å²) in [7, 11) is 0. The lowest BCUT2D eigenvalue weighted by Crippen LogP contribution is -1.96. The number of halogens is 1. The van der Waals surface area contributed by atoms with Crippen LogP contribution in [0.2, 0.25) is 0 Å². The quantitative estimate of drug-likeness (QED) is 0.368. The van der Waals surface area contributed by atoms with Crippen LogP contribution in [0.25, 0.3) is 21.3 Å². The van der Waals surface area contributed by atoms with Crippen molar-refractivity contribution in [2.75, 3.05) is 12.0 Å². The van der Waals surface area contributed by atoms with E-state index >= 15 is 0 Å². The van der Waals surface area contributed by atoms with Gasteiger partial charge in [0.1, 0.15) is 28.8 Å². The van der Waals surface area contributed by atoms with Crippen molar-refractivity contribution in [2.24, 2.45) is 5.10 Å². The molecule has 0 fully saturated rings. The Morgan fingerprint density at radius 1 is 1.14 bits per heavy atom. The van der Waals surface area contributed by atoms with Gasteiger partial charge in [-0.25, -0.2) is 14.4 Å². The number of fused-ring (bicyclic) bond motifs is 1. The molecule has 29 heavy (non-hydrogen) atoms. The van der Waals surface area contributed by atoms with Crippen LogP contribution in [0.1, 0.15) is 5.56 Å². The van der Waals surface area contributed by atoms with Gasteiger partial charge in [0.25, 0.3) is 0 Å². The number of rotatable bonds is 6. The van der Waals surface area contributed by atoms with Gasteiger partial charge in [-0.2, -0.15) is 10.4 Å². The van der Waals surface area contributed by atoms with Crippen LogP contribution in [-0.4, -0.2) is 22.8 Å². The zero-order chi connectivity index (χ0) is 20.1. The Kier molecular flexibility index (Phi) is 5.40. The van der Waals surface area contributed by atoms with Gasteiger partial charge in [0.15, 0.2) is 12.4 Å². The molecule has 0 atom stereocenters. The van der Waals surface area contributed by atoms with Gasteiger partial charge in [-0.3, -0.25) is 5.43 Å². The van der Waals surface area contributed by atoms with Crippen molar-refractivity contribution in [2.45, 2.75) is 0 Å². The Labute approximate surface area is 169 Å². The summed E-state index contributed by atoms with van der Waals surface area (Å²) in [5.41, 5.74) is 5.63. The SMILES string of the molecule is N#CCOc1ccc(/C=N\Nc2ncnc3scc(-c4ccc(F)cc4)c23)cc1. The molecule has 0 aliphatic carbocycles. The lowest BCUT2D eigenvalue weighted by atomic mass is 10.1. The third-order valence-corrected chi connectivity index (χ3v) is 4.98. The molecule has 2 aromatic carbocycles. The van der Waals surface area contributed by atoms with Crippen molar-refractivity contribution in [3.8, 4) is 22.9 Å². The van der Waals surface area contributed by atoms with E-state index in [-0.39, 0.29) is 12.4 Å². The Bertz CT molecular complexity index is 1200. The van der Waals surface area contributed by atoms with E-state index < -0.39 is 0 Å². The van der Waals surface area contributed by atoms with E-state index in [9.17, 15) is 4.39 Å². The first-order chi connectivity index (χ1) is 14.2. The monoisotopic (exact) mass is 403 g/mol. The number of aromatic nitrogens is 2. The van der Waals surface area contributed by atoms with E-state index in [4.69, 9.17) is 10.00 Å². The third-order valence-electron chi connectivity index (χ3n) is 4.09. The standard InChI is InChI=1S/C21H14FN5OS/c22-16-5-3-15(4-6-16)18-12-29-21-19(18)20(24-13-25-21)27-26-11-14-1-7-17(8-2-14)28-10-9-23/h1-8,11-13H,10H2,(H,24,25,27)/b26-11-. The largest absolute Gasteiger partial charge is 0.479 e. The number of benzene rings is 2. The van der Waals surface area contributed by atoms with Crippen LogP contribution in [0.15, 0.2) is 65.3 Å². The highest BCUT2D eigenvalue weighted by Crippen LogP contribution is 2.36. The topological polar surface area (TPSA) is 83.2 Å². The molecule has 0 radical (unpaired) electrons. The Morgan fingerprint density at radius 3 is 2.69 bits per heavy atom. The highest BCUT2D eigenvalue weighted by atomic mass is 32.1. The number of anilines is 1. The number of thiophene rings is 1. The minimum atomic E-state index is -0.281. The molecule has 4 aromatic rings. The molecular formula is C21H14FN5OS. The van der Waals surface area contributed by atoms with E-state index in [0.29, 0.717) is 11.6 Å². The molecule has 0 aliphatic rings. The average molecular weight is 403 g/mol. The van der Waals surface area contributed by atoms with Crippen LogP contribution in [0.3, 0.4) is 0 Å². The molecule has 0 saturated carbocycles. The lowest BCUT2D eigenvalue weighted by molar-refractivity contribution is 0.368. The maximum absolute atomic E-state index is 13.3. The Hall–Kier alpha value is -3.83. The maximum Gasteiger partial charge on any atom is 0.174 e. The first kappa shape index (κ1) is 18.5. The Morgan fingerprint density at radius 2 is 1.93 bits per heavy atom. The minimum Gasteiger partial charge on any atom is -0.479 e. The third kappa shape index (κ3) is 4.20. The molecular weight excluding hydrogens is 389 g/mol. The zero-order valence-electron chi connectivity index (χ0n) is 15.0. The second-order valence-electron chi connectivity index (χ2n) is 5.94. The molecule has 6 nitrogen and oxygen atoms in total. The molecule has 0 bridgehead atoms. The van der Waals surface area contributed by atoms with E-state index in [1.807, 2.05) is 23.6 Å². The second-order valence-corrected chi connectivity index (χ2v) is 6.80. The number of ether oxygens (including phenoxy) is 1. The highest BCUT2D eigenvalue weighted by molar-refractivity contribution is 7.17. The fourth-order valence-electron chi connectivity index (χ4n) is 2.74. The summed E-state index contributed by atoms with van der Waals surface area (Å²) in [5.74, 6) is 0.911. The smallest absolute Gasteiger partial charge is 0.174 e. The molecule has 2 aromatic heterocycles. The van der Waals surface area contributed by atoms with Crippen LogP contribution in [0, 0.1) is 17.1 Å². The van der Waals surface area contributed by atoms with Crippen LogP contribution in [0.4, 0.5) is 10.2 Å². The summed E-state index contributed by atoms with van der Waals surface area (Å²) in [6.45, 7) is 0.00966. The van der Waals surface area contributed by atoms with Gasteiger partial charge in [-0.05, 0) is 47.5 Å². The van der Waals surface area contributed by atoms with Crippen LogP contribution >= 0.6 is 11.3 Å². The molecule has 0 amide bonds. The predicted molar refractivity (Wildman–Crippen MR) is 112 cm³/mol. The van der Waals surface area contributed by atoms with E-state index in [1.54, 1.807) is 30.5 Å². The van der Waals surface area contributed by atoms with Gasteiger partial charge in [-0.1, -0.05) is 12.1 Å². The zero-order valence-corrected chi connectivity index (χ0v) is 15.9. The van der Waals surface area contributed by atoms with Gasteiger partial charge in [-0.15, -0.1) is 11.3 Å². The Balaban J connectivity index is 1.56. The normalized spacial score (nSPS) is 10.9. The first-order valence-electron chi connectivity index (χ1n) is 8.61. The van der Waals surface area contributed by atoms with Crippen LogP contribution in [-0.2, 0) is 0 Å². The molecule has 2 heterocycles. The van der Waals surface area contributed by atoms with Crippen molar-refractivity contribution in [3.05, 3.63) is 71.6 Å². The number of hydrazone groups is 1. The van der Waals surface area contributed by atoms with Crippen LogP contribution < -0.4 is 10.2 Å². The number of nitriles is 1. The van der Waals surface area contributed by atoms with Gasteiger partial charge in [0.2, 0.25) is 0 Å². The van der Waals surface area contributed by atoms with Gasteiger partial charge in [0, 0.05) is 10.9 Å². The van der Waals surface area contributed by atoms with Gasteiger partial charge in [0.05, 0.1) is 11.6 Å². The van der Waals surface area contributed by atoms with E-state index in [0.717, 1.165) is 26.9 Å². The number of hydrogen-bond donors (Lipinski definition) is 1. The minimum absolute atomic E-state index is 0.00966. The molecule has 0 aliphatic heterocycles. The molecule has 4 rings (SSSR count). The highest BCUT2D eigenvalue weighted by Gasteiger charge is 2.12. The van der Waals surface area contributed by atoms with Crippen molar-refractivity contribution in [1.29, 1.82) is 5.26 Å². The molecule has 0 unspecified atom stereocenters. The molecule has 0 spiro atoms. The number of nitrogens with zero attached hydrogens (tertiary/aromatic N) is 4. The van der Waals surface area contributed by atoms with Crippen molar-refractivity contribution >= 4 is 33.6 Å². The fraction of sp³-hybridized carbons (Fsp3) is 0.0476. The number of nitrogens with one attached hydrogen (secondary N) is 1. The van der Waals surface area contributed by atoms with Gasteiger partial charge >= 0.3 is 0 Å². The molecule has 0 saturated heterocycles. The summed E-state index contributed by atoms with van der Waals surface area (Å²) < 4.78 is 18.5. The fourth-order valence-corrected chi connectivity index (χ4v) is 3.65. The number of hydrogen-bond acceptors (Lipinski definition) is 7. The molecule has 8 heteroatoms. The van der Waals surface area contributed by atoms with Crippen LogP contribution in [0.5, 0.6) is 5.75 Å². The second kappa shape index (κ2) is 8.46. The summed E-state index contributed by atoms with van der Waals surface area (Å²) in [5, 5.41) is 15.6.